The molecule has 3 rings (SSSR count). The monoisotopic (exact) mass is 306 g/mol. The number of hydrogen-bond acceptors (Lipinski definition) is 2. The number of rotatable bonds is 7. The summed E-state index contributed by atoms with van der Waals surface area (Å²) in [6.45, 7) is 5.65. The second-order valence-corrected chi connectivity index (χ2v) is 5.88. The third kappa shape index (κ3) is 3.74. The Morgan fingerprint density at radius 1 is 0.696 bits per heavy atom. The van der Waals surface area contributed by atoms with E-state index in [1.54, 1.807) is 0 Å². The first-order chi connectivity index (χ1) is 11.3. The van der Waals surface area contributed by atoms with Gasteiger partial charge in [0.25, 0.3) is 0 Å². The maximum atomic E-state index is 5.89. The van der Waals surface area contributed by atoms with Crippen LogP contribution in [0.5, 0.6) is 0 Å². The van der Waals surface area contributed by atoms with Gasteiger partial charge in [-0.25, -0.2) is 0 Å². The van der Waals surface area contributed by atoms with E-state index in [-0.39, 0.29) is 7.12 Å². The number of hydrogen-bond donors (Lipinski definition) is 0. The fraction of sp³-hybridized carbons (Fsp3) is 0.300. The summed E-state index contributed by atoms with van der Waals surface area (Å²) in [6.07, 6.45) is 1.98. The van der Waals surface area contributed by atoms with E-state index in [9.17, 15) is 0 Å². The second kappa shape index (κ2) is 7.63. The number of benzene rings is 3. The van der Waals surface area contributed by atoms with Gasteiger partial charge in [0.2, 0.25) is 0 Å². The first-order valence-electron chi connectivity index (χ1n) is 8.47. The minimum absolute atomic E-state index is 0.272. The van der Waals surface area contributed by atoms with Gasteiger partial charge in [0.15, 0.2) is 0 Å². The lowest BCUT2D eigenvalue weighted by Crippen LogP contribution is -2.37. The molecule has 0 bridgehead atoms. The largest absolute Gasteiger partial charge is 0.493 e. The van der Waals surface area contributed by atoms with Gasteiger partial charge in [0, 0.05) is 13.2 Å². The van der Waals surface area contributed by atoms with Crippen LogP contribution in [0.2, 0.25) is 0 Å². The molecule has 0 aliphatic carbocycles. The van der Waals surface area contributed by atoms with Crippen LogP contribution >= 0.6 is 0 Å². The van der Waals surface area contributed by atoms with Crippen molar-refractivity contribution in [3.63, 3.8) is 0 Å². The Hall–Kier alpha value is -1.84. The maximum absolute atomic E-state index is 5.89. The molecule has 3 aromatic carbocycles. The Bertz CT molecular complexity index is 777. The molecule has 0 radical (unpaired) electrons. The Morgan fingerprint density at radius 2 is 1.26 bits per heavy atom. The lowest BCUT2D eigenvalue weighted by molar-refractivity contribution is 0.207. The lowest BCUT2D eigenvalue weighted by atomic mass is 9.77. The molecule has 0 N–H and O–H groups in total. The molecule has 23 heavy (non-hydrogen) atoms. The van der Waals surface area contributed by atoms with Crippen LogP contribution in [0.25, 0.3) is 21.5 Å². The SMILES string of the molecule is CCCOB(OCCC)c1ccc2cc3ccccc3cc2c1. The van der Waals surface area contributed by atoms with Crippen LogP contribution in [0, 0.1) is 0 Å². The predicted octanol–water partition coefficient (Wildman–Crippen LogP) is 4.54. The van der Waals surface area contributed by atoms with Crippen molar-refractivity contribution >= 4 is 34.1 Å². The van der Waals surface area contributed by atoms with Gasteiger partial charge in [-0.3, -0.25) is 0 Å². The van der Waals surface area contributed by atoms with Crippen molar-refractivity contribution < 1.29 is 9.31 Å². The third-order valence-corrected chi connectivity index (χ3v) is 3.95. The molecule has 3 aromatic rings. The van der Waals surface area contributed by atoms with Crippen molar-refractivity contribution in [1.29, 1.82) is 0 Å². The summed E-state index contributed by atoms with van der Waals surface area (Å²) in [5, 5.41) is 5.01. The summed E-state index contributed by atoms with van der Waals surface area (Å²) in [4.78, 5) is 0. The van der Waals surface area contributed by atoms with E-state index in [2.05, 4.69) is 68.4 Å². The highest BCUT2D eigenvalue weighted by Crippen LogP contribution is 2.22. The van der Waals surface area contributed by atoms with Crippen molar-refractivity contribution in [1.82, 2.24) is 0 Å². The van der Waals surface area contributed by atoms with E-state index in [4.69, 9.17) is 9.31 Å². The van der Waals surface area contributed by atoms with Crippen LogP contribution in [0.4, 0.5) is 0 Å². The van der Waals surface area contributed by atoms with Crippen molar-refractivity contribution in [2.75, 3.05) is 13.2 Å². The molecule has 2 nitrogen and oxygen atoms in total. The van der Waals surface area contributed by atoms with Crippen LogP contribution in [0.1, 0.15) is 26.7 Å². The van der Waals surface area contributed by atoms with Gasteiger partial charge in [0.1, 0.15) is 0 Å². The zero-order valence-electron chi connectivity index (χ0n) is 13.9. The Balaban J connectivity index is 1.97. The van der Waals surface area contributed by atoms with E-state index >= 15 is 0 Å². The van der Waals surface area contributed by atoms with E-state index in [0.29, 0.717) is 13.2 Å². The molecule has 3 heteroatoms. The smallest absolute Gasteiger partial charge is 0.407 e. The highest BCUT2D eigenvalue weighted by molar-refractivity contribution is 6.61. The topological polar surface area (TPSA) is 18.5 Å². The molecule has 0 atom stereocenters. The summed E-state index contributed by atoms with van der Waals surface area (Å²) in [5.41, 5.74) is 1.09. The molecular weight excluding hydrogens is 283 g/mol. The van der Waals surface area contributed by atoms with Crippen molar-refractivity contribution in [3.05, 3.63) is 54.6 Å². The molecule has 0 heterocycles. The van der Waals surface area contributed by atoms with Crippen LogP contribution in [0.3, 0.4) is 0 Å². The highest BCUT2D eigenvalue weighted by Gasteiger charge is 2.21. The van der Waals surface area contributed by atoms with Crippen molar-refractivity contribution in [2.45, 2.75) is 26.7 Å². The summed E-state index contributed by atoms with van der Waals surface area (Å²) in [7, 11) is -0.272. The first-order valence-corrected chi connectivity index (χ1v) is 8.47. The van der Waals surface area contributed by atoms with E-state index in [0.717, 1.165) is 18.3 Å². The first kappa shape index (κ1) is 16.0. The second-order valence-electron chi connectivity index (χ2n) is 5.88. The molecule has 0 spiro atoms. The van der Waals surface area contributed by atoms with Gasteiger partial charge in [0.05, 0.1) is 0 Å². The normalized spacial score (nSPS) is 11.2. The molecular formula is C20H23BO2. The lowest BCUT2D eigenvalue weighted by Gasteiger charge is -2.15. The standard InChI is InChI=1S/C20H23BO2/c1-3-11-22-21(23-12-4-2)20-10-9-18-13-16-7-5-6-8-17(16)14-19(18)15-20/h5-10,13-15H,3-4,11-12H2,1-2H3. The van der Waals surface area contributed by atoms with Crippen LogP contribution in [-0.2, 0) is 9.31 Å². The highest BCUT2D eigenvalue weighted by atomic mass is 16.6. The fourth-order valence-corrected chi connectivity index (χ4v) is 2.80. The van der Waals surface area contributed by atoms with E-state index in [1.165, 1.54) is 21.5 Å². The Kier molecular flexibility index (Phi) is 5.32. The van der Waals surface area contributed by atoms with Gasteiger partial charge >= 0.3 is 7.12 Å². The summed E-state index contributed by atoms with van der Waals surface area (Å²) in [6, 6.07) is 19.4. The molecule has 0 unspecified atom stereocenters. The predicted molar refractivity (Wildman–Crippen MR) is 99.3 cm³/mol. The average Bonchev–Trinajstić information content (AvgIpc) is 2.59. The molecule has 0 aliphatic heterocycles. The summed E-state index contributed by atoms with van der Waals surface area (Å²) in [5.74, 6) is 0. The minimum atomic E-state index is -0.272. The number of fused-ring (bicyclic) bond motifs is 2. The molecule has 0 fully saturated rings. The maximum Gasteiger partial charge on any atom is 0.493 e. The molecule has 118 valence electrons. The van der Waals surface area contributed by atoms with Gasteiger partial charge in [-0.15, -0.1) is 0 Å². The van der Waals surface area contributed by atoms with Gasteiger partial charge in [-0.05, 0) is 52.0 Å². The quantitative estimate of drug-likeness (QED) is 0.471. The van der Waals surface area contributed by atoms with Crippen LogP contribution < -0.4 is 5.46 Å². The van der Waals surface area contributed by atoms with Gasteiger partial charge in [-0.2, -0.15) is 0 Å². The summed E-state index contributed by atoms with van der Waals surface area (Å²) >= 11 is 0. The Morgan fingerprint density at radius 3 is 1.87 bits per heavy atom. The molecule has 0 aliphatic rings. The zero-order valence-corrected chi connectivity index (χ0v) is 13.9. The van der Waals surface area contributed by atoms with Crippen LogP contribution in [-0.4, -0.2) is 20.3 Å². The average molecular weight is 306 g/mol. The van der Waals surface area contributed by atoms with Crippen LogP contribution in [0.15, 0.2) is 54.6 Å². The summed E-state index contributed by atoms with van der Waals surface area (Å²) < 4.78 is 11.8. The van der Waals surface area contributed by atoms with Crippen molar-refractivity contribution in [2.24, 2.45) is 0 Å². The van der Waals surface area contributed by atoms with E-state index < -0.39 is 0 Å². The molecule has 0 saturated carbocycles. The molecule has 0 aromatic heterocycles. The van der Waals surface area contributed by atoms with Crippen molar-refractivity contribution in [3.8, 4) is 0 Å². The minimum Gasteiger partial charge on any atom is -0.407 e. The van der Waals surface area contributed by atoms with Gasteiger partial charge in [-0.1, -0.05) is 56.3 Å². The van der Waals surface area contributed by atoms with Gasteiger partial charge < -0.3 is 9.31 Å². The molecule has 0 saturated heterocycles. The fourth-order valence-electron chi connectivity index (χ4n) is 2.80. The third-order valence-electron chi connectivity index (χ3n) is 3.95. The zero-order chi connectivity index (χ0) is 16.1. The van der Waals surface area contributed by atoms with E-state index in [1.807, 2.05) is 0 Å². The Labute approximate surface area is 138 Å². The molecule has 0 amide bonds.